The van der Waals surface area contributed by atoms with Crippen LogP contribution in [0.2, 0.25) is 0 Å². The smallest absolute Gasteiger partial charge is 0.292 e. The van der Waals surface area contributed by atoms with E-state index in [9.17, 15) is 10.1 Å². The molecule has 0 aromatic heterocycles. The molecule has 4 nitrogen and oxygen atoms in total. The van der Waals surface area contributed by atoms with Crippen LogP contribution in [-0.4, -0.2) is 16.7 Å². The molecule has 21 heavy (non-hydrogen) atoms. The quantitative estimate of drug-likeness (QED) is 0.603. The summed E-state index contributed by atoms with van der Waals surface area (Å²) in [5.41, 5.74) is 1.85. The van der Waals surface area contributed by atoms with E-state index in [1.54, 1.807) is 6.07 Å². The molecule has 1 N–H and O–H groups in total. The summed E-state index contributed by atoms with van der Waals surface area (Å²) in [6.45, 7) is 4.95. The van der Waals surface area contributed by atoms with E-state index in [-0.39, 0.29) is 10.6 Å². The van der Waals surface area contributed by atoms with Gasteiger partial charge in [0, 0.05) is 23.6 Å². The number of nitro benzene ring substituents is 1. The molecule has 116 valence electrons. The first-order valence-corrected chi connectivity index (χ1v) is 8.77. The van der Waals surface area contributed by atoms with Crippen molar-refractivity contribution in [3.8, 4) is 0 Å². The highest BCUT2D eigenvalue weighted by Crippen LogP contribution is 2.34. The van der Waals surface area contributed by atoms with Crippen molar-refractivity contribution in [3.63, 3.8) is 0 Å². The van der Waals surface area contributed by atoms with E-state index >= 15 is 0 Å². The zero-order valence-corrected chi connectivity index (χ0v) is 13.6. The highest BCUT2D eigenvalue weighted by atomic mass is 32.2. The van der Waals surface area contributed by atoms with Gasteiger partial charge in [-0.25, -0.2) is 0 Å². The number of hydrogen-bond donors (Lipinski definition) is 1. The lowest BCUT2D eigenvalue weighted by Gasteiger charge is -2.26. The summed E-state index contributed by atoms with van der Waals surface area (Å²) >= 11 is 1.95. The van der Waals surface area contributed by atoms with Crippen LogP contribution in [-0.2, 0) is 5.75 Å². The molecule has 1 aliphatic carbocycles. The fraction of sp³-hybridized carbons (Fsp3) is 0.625. The van der Waals surface area contributed by atoms with Gasteiger partial charge in [0.1, 0.15) is 5.69 Å². The van der Waals surface area contributed by atoms with Crippen molar-refractivity contribution in [2.75, 3.05) is 11.9 Å². The SMILES string of the molecule is CCNc1ccc(CSC2CCCC(C)C2)cc1[N+](=O)[O-]. The molecule has 1 fully saturated rings. The third-order valence-electron chi connectivity index (χ3n) is 4.00. The summed E-state index contributed by atoms with van der Waals surface area (Å²) in [6.07, 6.45) is 5.23. The lowest BCUT2D eigenvalue weighted by molar-refractivity contribution is -0.384. The molecule has 0 radical (unpaired) electrons. The van der Waals surface area contributed by atoms with Crippen molar-refractivity contribution >= 4 is 23.1 Å². The maximum atomic E-state index is 11.2. The number of benzene rings is 1. The molecule has 2 unspecified atom stereocenters. The van der Waals surface area contributed by atoms with E-state index in [1.165, 1.54) is 25.7 Å². The van der Waals surface area contributed by atoms with Crippen molar-refractivity contribution < 1.29 is 4.92 Å². The van der Waals surface area contributed by atoms with Gasteiger partial charge in [0.25, 0.3) is 5.69 Å². The molecular formula is C16H24N2O2S. The number of rotatable bonds is 6. The summed E-state index contributed by atoms with van der Waals surface area (Å²) in [6, 6.07) is 5.56. The highest BCUT2D eigenvalue weighted by Gasteiger charge is 2.20. The summed E-state index contributed by atoms with van der Waals surface area (Å²) in [4.78, 5) is 10.9. The van der Waals surface area contributed by atoms with E-state index in [0.29, 0.717) is 17.5 Å². The number of hydrogen-bond acceptors (Lipinski definition) is 4. The molecule has 1 aromatic rings. The summed E-state index contributed by atoms with van der Waals surface area (Å²) in [5.74, 6) is 1.69. The zero-order chi connectivity index (χ0) is 15.2. The van der Waals surface area contributed by atoms with E-state index in [0.717, 1.165) is 17.2 Å². The number of nitrogens with zero attached hydrogens (tertiary/aromatic N) is 1. The molecule has 0 amide bonds. The molecule has 1 aliphatic rings. The predicted octanol–water partition coefficient (Wildman–Crippen LogP) is 4.84. The number of anilines is 1. The Kier molecular flexibility index (Phi) is 5.91. The fourth-order valence-electron chi connectivity index (χ4n) is 2.90. The number of nitrogens with one attached hydrogen (secondary N) is 1. The minimum Gasteiger partial charge on any atom is -0.380 e. The molecule has 1 saturated carbocycles. The third-order valence-corrected chi connectivity index (χ3v) is 5.40. The molecule has 0 aliphatic heterocycles. The van der Waals surface area contributed by atoms with E-state index in [1.807, 2.05) is 30.8 Å². The van der Waals surface area contributed by atoms with Crippen molar-refractivity contribution in [1.82, 2.24) is 0 Å². The van der Waals surface area contributed by atoms with Crippen LogP contribution in [0.15, 0.2) is 18.2 Å². The monoisotopic (exact) mass is 308 g/mol. The van der Waals surface area contributed by atoms with Crippen molar-refractivity contribution in [2.24, 2.45) is 5.92 Å². The Hall–Kier alpha value is -1.23. The number of nitro groups is 1. The Bertz CT molecular complexity index is 493. The van der Waals surface area contributed by atoms with Crippen LogP contribution in [0.25, 0.3) is 0 Å². The molecule has 0 bridgehead atoms. The summed E-state index contributed by atoms with van der Waals surface area (Å²) < 4.78 is 0. The van der Waals surface area contributed by atoms with Gasteiger partial charge in [-0.05, 0) is 37.3 Å². The van der Waals surface area contributed by atoms with Gasteiger partial charge in [-0.15, -0.1) is 0 Å². The van der Waals surface area contributed by atoms with Crippen molar-refractivity contribution in [1.29, 1.82) is 0 Å². The second-order valence-corrected chi connectivity index (χ2v) is 7.13. The molecule has 1 aromatic carbocycles. The standard InChI is InChI=1S/C16H24N2O2S/c1-3-17-15-8-7-13(10-16(15)18(19)20)11-21-14-6-4-5-12(2)9-14/h7-8,10,12,14,17H,3-6,9,11H2,1-2H3. The Balaban J connectivity index is 2.00. The van der Waals surface area contributed by atoms with E-state index in [2.05, 4.69) is 12.2 Å². The Morgan fingerprint density at radius 3 is 2.90 bits per heavy atom. The van der Waals surface area contributed by atoms with Gasteiger partial charge >= 0.3 is 0 Å². The first-order valence-electron chi connectivity index (χ1n) is 7.73. The predicted molar refractivity (Wildman–Crippen MR) is 90.0 cm³/mol. The topological polar surface area (TPSA) is 55.2 Å². The van der Waals surface area contributed by atoms with Gasteiger partial charge in [-0.1, -0.05) is 25.8 Å². The maximum Gasteiger partial charge on any atom is 0.292 e. The molecule has 5 heteroatoms. The van der Waals surface area contributed by atoms with Gasteiger partial charge < -0.3 is 5.32 Å². The second kappa shape index (κ2) is 7.69. The van der Waals surface area contributed by atoms with Gasteiger partial charge in [0.15, 0.2) is 0 Å². The van der Waals surface area contributed by atoms with Crippen LogP contribution in [0.1, 0.15) is 45.1 Å². The first-order chi connectivity index (χ1) is 10.1. The van der Waals surface area contributed by atoms with Crippen LogP contribution in [0.5, 0.6) is 0 Å². The fourth-order valence-corrected chi connectivity index (χ4v) is 4.31. The normalized spacial score (nSPS) is 22.0. The molecule has 2 rings (SSSR count). The van der Waals surface area contributed by atoms with E-state index in [4.69, 9.17) is 0 Å². The average Bonchev–Trinajstić information content (AvgIpc) is 2.46. The van der Waals surface area contributed by atoms with Crippen LogP contribution < -0.4 is 5.32 Å². The second-order valence-electron chi connectivity index (χ2n) is 5.84. The number of thioether (sulfide) groups is 1. The Morgan fingerprint density at radius 1 is 1.43 bits per heavy atom. The maximum absolute atomic E-state index is 11.2. The van der Waals surface area contributed by atoms with E-state index < -0.39 is 0 Å². The van der Waals surface area contributed by atoms with Crippen LogP contribution in [0, 0.1) is 16.0 Å². The molecule has 0 saturated heterocycles. The van der Waals surface area contributed by atoms with Crippen LogP contribution in [0.3, 0.4) is 0 Å². The average molecular weight is 308 g/mol. The highest BCUT2D eigenvalue weighted by molar-refractivity contribution is 7.99. The molecular weight excluding hydrogens is 284 g/mol. The zero-order valence-electron chi connectivity index (χ0n) is 12.8. The lowest BCUT2D eigenvalue weighted by atomic mass is 9.91. The van der Waals surface area contributed by atoms with Gasteiger partial charge in [-0.3, -0.25) is 10.1 Å². The molecule has 0 heterocycles. The lowest BCUT2D eigenvalue weighted by Crippen LogP contribution is -2.15. The first kappa shape index (κ1) is 16.1. The van der Waals surface area contributed by atoms with Crippen LogP contribution in [0.4, 0.5) is 11.4 Å². The Labute approximate surface area is 130 Å². The minimum absolute atomic E-state index is 0.187. The molecule has 0 spiro atoms. The van der Waals surface area contributed by atoms with Gasteiger partial charge in [0.05, 0.1) is 4.92 Å². The summed E-state index contributed by atoms with van der Waals surface area (Å²) in [7, 11) is 0. The van der Waals surface area contributed by atoms with Gasteiger partial charge in [0.2, 0.25) is 0 Å². The summed E-state index contributed by atoms with van der Waals surface area (Å²) in [5, 5.41) is 14.9. The van der Waals surface area contributed by atoms with Crippen molar-refractivity contribution in [2.45, 2.75) is 50.5 Å². The van der Waals surface area contributed by atoms with Crippen molar-refractivity contribution in [3.05, 3.63) is 33.9 Å². The Morgan fingerprint density at radius 2 is 2.24 bits per heavy atom. The minimum atomic E-state index is -0.297. The van der Waals surface area contributed by atoms with Crippen LogP contribution >= 0.6 is 11.8 Å². The molecule has 2 atom stereocenters. The van der Waals surface area contributed by atoms with Gasteiger partial charge in [-0.2, -0.15) is 11.8 Å². The largest absolute Gasteiger partial charge is 0.380 e. The third kappa shape index (κ3) is 4.63.